The second-order valence-electron chi connectivity index (χ2n) is 4.56. The number of hydrogen-bond donors (Lipinski definition) is 1. The van der Waals surface area contributed by atoms with Gasteiger partial charge >= 0.3 is 0 Å². The Morgan fingerprint density at radius 3 is 2.32 bits per heavy atom. The zero-order valence-corrected chi connectivity index (χ0v) is 13.7. The standard InChI is InChI=1S/C14H21BrN2O2/c1-8-9(2)14(19-5)13(10(3)12(8)15)17(4)11(18)6-7-16/h6-7,16H2,1-5H3. The van der Waals surface area contributed by atoms with Crippen molar-refractivity contribution in [1.82, 2.24) is 0 Å². The van der Waals surface area contributed by atoms with Crippen molar-refractivity contribution < 1.29 is 9.53 Å². The number of carbonyl (C=O) groups is 1. The maximum atomic E-state index is 12.0. The molecule has 0 aromatic heterocycles. The molecular weight excluding hydrogens is 308 g/mol. The molecule has 1 amide bonds. The molecule has 5 heteroatoms. The number of ether oxygens (including phenoxy) is 1. The zero-order chi connectivity index (χ0) is 14.7. The van der Waals surface area contributed by atoms with Crippen LogP contribution >= 0.6 is 15.9 Å². The normalized spacial score (nSPS) is 10.5. The van der Waals surface area contributed by atoms with Gasteiger partial charge in [-0.05, 0) is 37.5 Å². The number of anilines is 1. The lowest BCUT2D eigenvalue weighted by Gasteiger charge is -2.25. The van der Waals surface area contributed by atoms with E-state index in [0.717, 1.165) is 32.6 Å². The third-order valence-electron chi connectivity index (χ3n) is 3.40. The first-order chi connectivity index (χ1) is 8.86. The second-order valence-corrected chi connectivity index (χ2v) is 5.36. The van der Waals surface area contributed by atoms with Crippen LogP contribution in [-0.2, 0) is 4.79 Å². The van der Waals surface area contributed by atoms with Gasteiger partial charge in [-0.25, -0.2) is 0 Å². The summed E-state index contributed by atoms with van der Waals surface area (Å²) in [5, 5.41) is 0. The number of hydrogen-bond acceptors (Lipinski definition) is 3. The van der Waals surface area contributed by atoms with Crippen LogP contribution in [0.5, 0.6) is 5.75 Å². The van der Waals surface area contributed by atoms with Gasteiger partial charge < -0.3 is 15.4 Å². The number of halogens is 1. The number of benzene rings is 1. The summed E-state index contributed by atoms with van der Waals surface area (Å²) in [5.74, 6) is 0.727. The molecule has 0 aliphatic rings. The van der Waals surface area contributed by atoms with E-state index in [-0.39, 0.29) is 5.91 Å². The van der Waals surface area contributed by atoms with E-state index in [2.05, 4.69) is 15.9 Å². The molecule has 0 saturated heterocycles. The molecule has 0 saturated carbocycles. The maximum absolute atomic E-state index is 12.0. The summed E-state index contributed by atoms with van der Waals surface area (Å²) in [6, 6.07) is 0. The van der Waals surface area contributed by atoms with Gasteiger partial charge in [0, 0.05) is 24.5 Å². The summed E-state index contributed by atoms with van der Waals surface area (Å²) in [4.78, 5) is 13.7. The van der Waals surface area contributed by atoms with E-state index in [9.17, 15) is 4.79 Å². The highest BCUT2D eigenvalue weighted by Crippen LogP contribution is 2.41. The fourth-order valence-corrected chi connectivity index (χ4v) is 2.62. The van der Waals surface area contributed by atoms with Crippen LogP contribution in [0.15, 0.2) is 4.47 Å². The van der Waals surface area contributed by atoms with Crippen LogP contribution in [-0.4, -0.2) is 26.6 Å². The van der Waals surface area contributed by atoms with E-state index >= 15 is 0 Å². The maximum Gasteiger partial charge on any atom is 0.228 e. The summed E-state index contributed by atoms with van der Waals surface area (Å²) in [7, 11) is 3.38. The molecule has 0 atom stereocenters. The molecule has 19 heavy (non-hydrogen) atoms. The van der Waals surface area contributed by atoms with Gasteiger partial charge in [0.1, 0.15) is 5.75 Å². The van der Waals surface area contributed by atoms with Crippen LogP contribution in [0, 0.1) is 20.8 Å². The number of nitrogens with zero attached hydrogens (tertiary/aromatic N) is 1. The zero-order valence-electron chi connectivity index (χ0n) is 12.1. The van der Waals surface area contributed by atoms with Gasteiger partial charge in [0.25, 0.3) is 0 Å². The van der Waals surface area contributed by atoms with Crippen molar-refractivity contribution in [3.05, 3.63) is 21.2 Å². The monoisotopic (exact) mass is 328 g/mol. The van der Waals surface area contributed by atoms with Crippen LogP contribution in [0.4, 0.5) is 5.69 Å². The number of carbonyl (C=O) groups excluding carboxylic acids is 1. The van der Waals surface area contributed by atoms with E-state index in [0.29, 0.717) is 13.0 Å². The number of methoxy groups -OCH3 is 1. The fourth-order valence-electron chi connectivity index (χ4n) is 2.14. The Balaban J connectivity index is 3.45. The van der Waals surface area contributed by atoms with Gasteiger partial charge in [-0.15, -0.1) is 0 Å². The Hall–Kier alpha value is -1.07. The topological polar surface area (TPSA) is 55.6 Å². The van der Waals surface area contributed by atoms with Gasteiger partial charge in [0.15, 0.2) is 0 Å². The fraction of sp³-hybridized carbons (Fsp3) is 0.500. The molecular formula is C14H21BrN2O2. The van der Waals surface area contributed by atoms with Gasteiger partial charge in [-0.3, -0.25) is 4.79 Å². The van der Waals surface area contributed by atoms with E-state index in [1.54, 1.807) is 19.1 Å². The van der Waals surface area contributed by atoms with Gasteiger partial charge in [0.2, 0.25) is 5.91 Å². The lowest BCUT2D eigenvalue weighted by Crippen LogP contribution is -2.29. The molecule has 2 N–H and O–H groups in total. The summed E-state index contributed by atoms with van der Waals surface area (Å²) in [5.41, 5.74) is 9.40. The lowest BCUT2D eigenvalue weighted by atomic mass is 10.0. The Labute approximate surface area is 123 Å². The minimum atomic E-state index is -0.0148. The highest BCUT2D eigenvalue weighted by atomic mass is 79.9. The quantitative estimate of drug-likeness (QED) is 0.924. The average Bonchev–Trinajstić information content (AvgIpc) is 2.39. The Morgan fingerprint density at radius 2 is 1.84 bits per heavy atom. The molecule has 0 heterocycles. The van der Waals surface area contributed by atoms with Crippen LogP contribution < -0.4 is 15.4 Å². The molecule has 0 aliphatic carbocycles. The molecule has 0 radical (unpaired) electrons. The summed E-state index contributed by atoms with van der Waals surface area (Å²) in [6.07, 6.45) is 0.323. The largest absolute Gasteiger partial charge is 0.494 e. The Kier molecular flexibility index (Phi) is 5.38. The van der Waals surface area contributed by atoms with Crippen LogP contribution in [0.1, 0.15) is 23.1 Å². The minimum absolute atomic E-state index is 0.0148. The number of nitrogens with two attached hydrogens (primary N) is 1. The van der Waals surface area contributed by atoms with Crippen molar-refractivity contribution in [3.8, 4) is 5.75 Å². The van der Waals surface area contributed by atoms with Crippen molar-refractivity contribution in [1.29, 1.82) is 0 Å². The smallest absolute Gasteiger partial charge is 0.228 e. The third kappa shape index (κ3) is 2.92. The first kappa shape index (κ1) is 16.0. The Morgan fingerprint density at radius 1 is 1.26 bits per heavy atom. The van der Waals surface area contributed by atoms with Crippen molar-refractivity contribution in [2.75, 3.05) is 25.6 Å². The average molecular weight is 329 g/mol. The summed E-state index contributed by atoms with van der Waals surface area (Å²) >= 11 is 3.58. The van der Waals surface area contributed by atoms with E-state index in [4.69, 9.17) is 10.5 Å². The van der Waals surface area contributed by atoms with Crippen LogP contribution in [0.25, 0.3) is 0 Å². The molecule has 0 aliphatic heterocycles. The number of rotatable bonds is 4. The van der Waals surface area contributed by atoms with Gasteiger partial charge in [0.05, 0.1) is 12.8 Å². The molecule has 106 valence electrons. The highest BCUT2D eigenvalue weighted by Gasteiger charge is 2.22. The van der Waals surface area contributed by atoms with Crippen molar-refractivity contribution in [3.63, 3.8) is 0 Å². The predicted octanol–water partition coefficient (Wildman–Crippen LogP) is 2.69. The molecule has 1 rings (SSSR count). The molecule has 0 fully saturated rings. The summed E-state index contributed by atoms with van der Waals surface area (Å²) < 4.78 is 6.50. The molecule has 4 nitrogen and oxygen atoms in total. The molecule has 0 unspecified atom stereocenters. The summed E-state index contributed by atoms with van der Waals surface area (Å²) in [6.45, 7) is 6.33. The first-order valence-electron chi connectivity index (χ1n) is 6.16. The third-order valence-corrected chi connectivity index (χ3v) is 4.59. The first-order valence-corrected chi connectivity index (χ1v) is 6.95. The highest BCUT2D eigenvalue weighted by molar-refractivity contribution is 9.10. The van der Waals surface area contributed by atoms with Crippen molar-refractivity contribution >= 4 is 27.5 Å². The minimum Gasteiger partial charge on any atom is -0.494 e. The van der Waals surface area contributed by atoms with E-state index < -0.39 is 0 Å². The van der Waals surface area contributed by atoms with Crippen molar-refractivity contribution in [2.45, 2.75) is 27.2 Å². The van der Waals surface area contributed by atoms with E-state index in [1.807, 2.05) is 20.8 Å². The Bertz CT molecular complexity index is 501. The SMILES string of the molecule is COc1c(C)c(C)c(Br)c(C)c1N(C)C(=O)CCN. The molecule has 1 aromatic rings. The number of amides is 1. The lowest BCUT2D eigenvalue weighted by molar-refractivity contribution is -0.118. The predicted molar refractivity (Wildman–Crippen MR) is 82.0 cm³/mol. The van der Waals surface area contributed by atoms with E-state index in [1.165, 1.54) is 0 Å². The molecule has 0 spiro atoms. The van der Waals surface area contributed by atoms with Gasteiger partial charge in [-0.2, -0.15) is 0 Å². The van der Waals surface area contributed by atoms with Crippen molar-refractivity contribution in [2.24, 2.45) is 5.73 Å². The van der Waals surface area contributed by atoms with Gasteiger partial charge in [-0.1, -0.05) is 15.9 Å². The molecule has 1 aromatic carbocycles. The van der Waals surface area contributed by atoms with Crippen LogP contribution in [0.2, 0.25) is 0 Å². The second kappa shape index (κ2) is 6.39. The molecule has 0 bridgehead atoms. The van der Waals surface area contributed by atoms with Crippen LogP contribution in [0.3, 0.4) is 0 Å².